The molecule has 4 rings (SSSR count). The molecule has 1 aliphatic rings. The van der Waals surface area contributed by atoms with E-state index in [9.17, 15) is 9.90 Å². The fourth-order valence-electron chi connectivity index (χ4n) is 2.98. The maximum atomic E-state index is 12.7. The van der Waals surface area contributed by atoms with Gasteiger partial charge in [-0.1, -0.05) is 0 Å². The van der Waals surface area contributed by atoms with Gasteiger partial charge in [0.1, 0.15) is 11.6 Å². The predicted molar refractivity (Wildman–Crippen MR) is 92.8 cm³/mol. The normalized spacial score (nSPS) is 15.1. The summed E-state index contributed by atoms with van der Waals surface area (Å²) in [5, 5.41) is 17.3. The van der Waals surface area contributed by atoms with Crippen LogP contribution in [0, 0.1) is 5.92 Å². The van der Waals surface area contributed by atoms with Crippen LogP contribution in [-0.4, -0.2) is 30.3 Å². The van der Waals surface area contributed by atoms with Crippen molar-refractivity contribution in [1.29, 1.82) is 0 Å². The van der Waals surface area contributed by atoms with Crippen LogP contribution >= 0.6 is 0 Å². The highest BCUT2D eigenvalue weighted by Gasteiger charge is 2.31. The van der Waals surface area contributed by atoms with E-state index in [0.717, 1.165) is 5.69 Å². The topological polar surface area (TPSA) is 85.0 Å². The summed E-state index contributed by atoms with van der Waals surface area (Å²) in [5.74, 6) is 0.817. The van der Waals surface area contributed by atoms with Crippen LogP contribution in [-0.2, 0) is 0 Å². The molecular formula is C18H19N5O2. The van der Waals surface area contributed by atoms with Crippen LogP contribution in [0.1, 0.15) is 36.2 Å². The summed E-state index contributed by atoms with van der Waals surface area (Å²) in [7, 11) is 0. The third-order valence-corrected chi connectivity index (χ3v) is 4.63. The monoisotopic (exact) mass is 337 g/mol. The Morgan fingerprint density at radius 3 is 2.88 bits per heavy atom. The summed E-state index contributed by atoms with van der Waals surface area (Å²) in [5.41, 5.74) is 0.957. The Morgan fingerprint density at radius 2 is 2.16 bits per heavy atom. The molecule has 7 heteroatoms. The van der Waals surface area contributed by atoms with E-state index in [2.05, 4.69) is 22.3 Å². The molecule has 1 saturated carbocycles. The number of nitrogens with zero attached hydrogens (tertiary/aromatic N) is 4. The zero-order chi connectivity index (χ0) is 17.4. The van der Waals surface area contributed by atoms with Gasteiger partial charge in [-0.25, -0.2) is 9.67 Å². The Kier molecular flexibility index (Phi) is 3.76. The first kappa shape index (κ1) is 15.4. The van der Waals surface area contributed by atoms with Gasteiger partial charge in [-0.15, -0.1) is 0 Å². The lowest BCUT2D eigenvalue weighted by atomic mass is 10.1. The second-order valence-electron chi connectivity index (χ2n) is 6.36. The maximum Gasteiger partial charge on any atom is 0.260 e. The first-order chi connectivity index (χ1) is 12.1. The van der Waals surface area contributed by atoms with Gasteiger partial charge in [0.15, 0.2) is 0 Å². The highest BCUT2D eigenvalue weighted by molar-refractivity contribution is 6.06. The van der Waals surface area contributed by atoms with Crippen molar-refractivity contribution in [2.45, 2.75) is 25.8 Å². The van der Waals surface area contributed by atoms with Gasteiger partial charge < -0.3 is 15.0 Å². The average molecular weight is 337 g/mol. The SMILES string of the molecule is CC(C1CC1)n1nccc1NC(=O)c1cc(-n2ccnc2)ccc1O. The van der Waals surface area contributed by atoms with E-state index < -0.39 is 0 Å². The van der Waals surface area contributed by atoms with E-state index in [1.807, 2.05) is 4.68 Å². The van der Waals surface area contributed by atoms with Crippen LogP contribution in [0.25, 0.3) is 5.69 Å². The van der Waals surface area contributed by atoms with Crippen LogP contribution in [0.5, 0.6) is 5.75 Å². The number of anilines is 1. The molecule has 128 valence electrons. The molecular weight excluding hydrogens is 318 g/mol. The van der Waals surface area contributed by atoms with Gasteiger partial charge in [0.05, 0.1) is 24.1 Å². The molecule has 3 aromatic rings. The van der Waals surface area contributed by atoms with E-state index in [4.69, 9.17) is 0 Å². The smallest absolute Gasteiger partial charge is 0.260 e. The molecule has 2 aromatic heterocycles. The van der Waals surface area contributed by atoms with Crippen LogP contribution in [0.3, 0.4) is 0 Å². The molecule has 0 bridgehead atoms. The Hall–Kier alpha value is -3.09. The lowest BCUT2D eigenvalue weighted by Crippen LogP contribution is -2.18. The number of rotatable bonds is 5. The number of nitrogens with one attached hydrogen (secondary N) is 1. The highest BCUT2D eigenvalue weighted by atomic mass is 16.3. The summed E-state index contributed by atoms with van der Waals surface area (Å²) in [6.07, 6.45) is 9.14. The van der Waals surface area contributed by atoms with Gasteiger partial charge in [-0.2, -0.15) is 5.10 Å². The fraction of sp³-hybridized carbons (Fsp3) is 0.278. The third kappa shape index (κ3) is 3.00. The molecule has 0 spiro atoms. The zero-order valence-electron chi connectivity index (χ0n) is 13.8. The van der Waals surface area contributed by atoms with Crippen LogP contribution in [0.15, 0.2) is 49.2 Å². The molecule has 0 saturated heterocycles. The third-order valence-electron chi connectivity index (χ3n) is 4.63. The lowest BCUT2D eigenvalue weighted by Gasteiger charge is -2.16. The summed E-state index contributed by atoms with van der Waals surface area (Å²) >= 11 is 0. The fourth-order valence-corrected chi connectivity index (χ4v) is 2.98. The lowest BCUT2D eigenvalue weighted by molar-refractivity contribution is 0.102. The van der Waals surface area contributed by atoms with Crippen molar-refractivity contribution in [3.8, 4) is 11.4 Å². The Labute approximate surface area is 144 Å². The largest absolute Gasteiger partial charge is 0.507 e. The molecule has 2 N–H and O–H groups in total. The Bertz CT molecular complexity index is 896. The van der Waals surface area contributed by atoms with Crippen molar-refractivity contribution in [3.05, 3.63) is 54.7 Å². The number of aromatic hydroxyl groups is 1. The van der Waals surface area contributed by atoms with Crippen LogP contribution in [0.2, 0.25) is 0 Å². The molecule has 1 aliphatic carbocycles. The number of benzene rings is 1. The minimum atomic E-state index is -0.371. The number of carbonyl (C=O) groups is 1. The molecule has 1 atom stereocenters. The predicted octanol–water partition coefficient (Wildman–Crippen LogP) is 3.00. The Morgan fingerprint density at radius 1 is 1.32 bits per heavy atom. The molecule has 0 aliphatic heterocycles. The van der Waals surface area contributed by atoms with E-state index in [0.29, 0.717) is 11.7 Å². The van der Waals surface area contributed by atoms with Gasteiger partial charge in [0.25, 0.3) is 5.91 Å². The number of phenolic OH excluding ortho intramolecular Hbond substituents is 1. The standard InChI is InChI=1S/C18H19N5O2/c1-12(13-2-3-13)23-17(6-7-20-23)21-18(25)15-10-14(4-5-16(15)24)22-9-8-19-11-22/h4-13,24H,2-3H2,1H3,(H,21,25). The molecule has 2 heterocycles. The molecule has 0 radical (unpaired) electrons. The van der Waals surface area contributed by atoms with Crippen molar-refractivity contribution < 1.29 is 9.90 Å². The zero-order valence-corrected chi connectivity index (χ0v) is 13.8. The number of aromatic nitrogens is 4. The molecule has 1 aromatic carbocycles. The molecule has 1 unspecified atom stereocenters. The minimum absolute atomic E-state index is 0.0670. The maximum absolute atomic E-state index is 12.7. The number of imidazole rings is 1. The second-order valence-corrected chi connectivity index (χ2v) is 6.36. The van der Waals surface area contributed by atoms with Crippen molar-refractivity contribution in [1.82, 2.24) is 19.3 Å². The number of carbonyl (C=O) groups excluding carboxylic acids is 1. The number of phenols is 1. The second kappa shape index (κ2) is 6.08. The van der Waals surface area contributed by atoms with Crippen molar-refractivity contribution in [2.75, 3.05) is 5.32 Å². The van der Waals surface area contributed by atoms with Crippen LogP contribution < -0.4 is 5.32 Å². The van der Waals surface area contributed by atoms with Crippen molar-refractivity contribution in [2.24, 2.45) is 5.92 Å². The van der Waals surface area contributed by atoms with E-state index in [-0.39, 0.29) is 23.3 Å². The van der Waals surface area contributed by atoms with Crippen molar-refractivity contribution in [3.63, 3.8) is 0 Å². The summed E-state index contributed by atoms with van der Waals surface area (Å²) < 4.78 is 3.61. The van der Waals surface area contributed by atoms with Gasteiger partial charge >= 0.3 is 0 Å². The Balaban J connectivity index is 1.59. The summed E-state index contributed by atoms with van der Waals surface area (Å²) in [4.78, 5) is 16.7. The minimum Gasteiger partial charge on any atom is -0.507 e. The summed E-state index contributed by atoms with van der Waals surface area (Å²) in [6.45, 7) is 2.11. The van der Waals surface area contributed by atoms with Gasteiger partial charge in [-0.05, 0) is 43.9 Å². The number of hydrogen-bond donors (Lipinski definition) is 2. The van der Waals surface area contributed by atoms with E-state index in [1.165, 1.54) is 18.9 Å². The van der Waals surface area contributed by atoms with Gasteiger partial charge in [0, 0.05) is 24.1 Å². The summed E-state index contributed by atoms with van der Waals surface area (Å²) in [6, 6.07) is 6.89. The first-order valence-electron chi connectivity index (χ1n) is 8.29. The quantitative estimate of drug-likeness (QED) is 0.749. The van der Waals surface area contributed by atoms with Gasteiger partial charge in [0.2, 0.25) is 0 Å². The number of hydrogen-bond acceptors (Lipinski definition) is 4. The average Bonchev–Trinajstić information content (AvgIpc) is 3.12. The molecule has 1 amide bonds. The molecule has 1 fully saturated rings. The van der Waals surface area contributed by atoms with Gasteiger partial charge in [-0.3, -0.25) is 4.79 Å². The highest BCUT2D eigenvalue weighted by Crippen LogP contribution is 2.40. The first-order valence-corrected chi connectivity index (χ1v) is 8.29. The van der Waals surface area contributed by atoms with Crippen molar-refractivity contribution >= 4 is 11.7 Å². The van der Waals surface area contributed by atoms with Crippen LogP contribution in [0.4, 0.5) is 5.82 Å². The number of amides is 1. The molecule has 25 heavy (non-hydrogen) atoms. The molecule has 7 nitrogen and oxygen atoms in total. The van der Waals surface area contributed by atoms with E-state index in [1.54, 1.807) is 47.7 Å². The van der Waals surface area contributed by atoms with E-state index >= 15 is 0 Å².